The Morgan fingerprint density at radius 2 is 2.05 bits per heavy atom. The molecule has 0 radical (unpaired) electrons. The number of amides is 2. The zero-order valence-corrected chi connectivity index (χ0v) is 12.0. The Hall–Kier alpha value is -1.79. The number of hydrogen-bond donors (Lipinski definition) is 3. The van der Waals surface area contributed by atoms with Crippen molar-refractivity contribution in [1.82, 2.24) is 10.6 Å². The van der Waals surface area contributed by atoms with E-state index in [4.69, 9.17) is 22.1 Å². The molecule has 4 N–H and O–H groups in total. The molecule has 0 aliphatic rings. The first-order valence-corrected chi connectivity index (χ1v) is 6.52. The van der Waals surface area contributed by atoms with Crippen molar-refractivity contribution in [3.8, 4) is 0 Å². The molecule has 1 rings (SSSR count). The first kappa shape index (κ1) is 16.3. The Balaban J connectivity index is 2.37. The molecule has 0 atom stereocenters. The fourth-order valence-corrected chi connectivity index (χ4v) is 1.68. The van der Waals surface area contributed by atoms with Crippen molar-refractivity contribution in [3.05, 3.63) is 28.8 Å². The Bertz CT molecular complexity index is 480. The fraction of sp³-hybridized carbons (Fsp3) is 0.385. The molecule has 0 aromatic heterocycles. The van der Waals surface area contributed by atoms with Crippen LogP contribution in [0, 0.1) is 0 Å². The van der Waals surface area contributed by atoms with Gasteiger partial charge in [0.1, 0.15) is 0 Å². The van der Waals surface area contributed by atoms with Crippen molar-refractivity contribution in [2.75, 3.05) is 32.5 Å². The van der Waals surface area contributed by atoms with Gasteiger partial charge in [0.2, 0.25) is 5.91 Å². The predicted molar refractivity (Wildman–Crippen MR) is 77.7 cm³/mol. The first-order valence-electron chi connectivity index (χ1n) is 6.14. The average Bonchev–Trinajstić information content (AvgIpc) is 2.42. The number of methoxy groups -OCH3 is 1. The smallest absolute Gasteiger partial charge is 0.253 e. The summed E-state index contributed by atoms with van der Waals surface area (Å²) in [6.07, 6.45) is 0.190. The normalized spacial score (nSPS) is 10.1. The van der Waals surface area contributed by atoms with Crippen LogP contribution in [0.5, 0.6) is 0 Å². The number of carbonyl (C=O) groups is 2. The number of para-hydroxylation sites is 1. The van der Waals surface area contributed by atoms with Gasteiger partial charge in [0.15, 0.2) is 0 Å². The average molecular weight is 300 g/mol. The summed E-state index contributed by atoms with van der Waals surface area (Å²) in [6, 6.07) is 4.83. The Labute approximate surface area is 122 Å². The van der Waals surface area contributed by atoms with E-state index < -0.39 is 0 Å². The topological polar surface area (TPSA) is 93.5 Å². The lowest BCUT2D eigenvalue weighted by Gasteiger charge is -2.08. The van der Waals surface area contributed by atoms with Gasteiger partial charge in [-0.05, 0) is 12.1 Å². The SMILES string of the molecule is COCCNC(=O)CCNC(=O)c1cccc(Cl)c1N. The number of ether oxygens (including phenoxy) is 1. The van der Waals surface area contributed by atoms with Crippen LogP contribution in [-0.4, -0.2) is 38.6 Å². The first-order chi connectivity index (χ1) is 9.56. The summed E-state index contributed by atoms with van der Waals surface area (Å²) in [5.74, 6) is -0.504. The Morgan fingerprint density at radius 3 is 2.75 bits per heavy atom. The summed E-state index contributed by atoms with van der Waals surface area (Å²) in [4.78, 5) is 23.3. The van der Waals surface area contributed by atoms with E-state index in [0.29, 0.717) is 23.7 Å². The molecule has 2 amide bonds. The molecule has 0 aliphatic heterocycles. The van der Waals surface area contributed by atoms with Gasteiger partial charge in [-0.25, -0.2) is 0 Å². The molecule has 0 fully saturated rings. The fourth-order valence-electron chi connectivity index (χ4n) is 1.50. The monoisotopic (exact) mass is 299 g/mol. The van der Waals surface area contributed by atoms with E-state index >= 15 is 0 Å². The molecular formula is C13H18ClN3O3. The van der Waals surface area contributed by atoms with Crippen molar-refractivity contribution in [3.63, 3.8) is 0 Å². The van der Waals surface area contributed by atoms with E-state index in [0.717, 1.165) is 0 Å². The number of nitrogen functional groups attached to an aromatic ring is 1. The minimum absolute atomic E-state index is 0.151. The molecule has 0 spiro atoms. The number of hydrogen-bond acceptors (Lipinski definition) is 4. The van der Waals surface area contributed by atoms with Gasteiger partial charge in [0.05, 0.1) is 22.9 Å². The molecule has 0 aliphatic carbocycles. The van der Waals surface area contributed by atoms with E-state index in [1.54, 1.807) is 25.3 Å². The second-order valence-corrected chi connectivity index (χ2v) is 4.46. The van der Waals surface area contributed by atoms with Gasteiger partial charge >= 0.3 is 0 Å². The minimum atomic E-state index is -0.352. The highest BCUT2D eigenvalue weighted by Gasteiger charge is 2.11. The van der Waals surface area contributed by atoms with E-state index in [2.05, 4.69) is 10.6 Å². The molecule has 6 nitrogen and oxygen atoms in total. The maximum absolute atomic E-state index is 11.9. The van der Waals surface area contributed by atoms with E-state index in [1.165, 1.54) is 0 Å². The second kappa shape index (κ2) is 8.39. The number of rotatable bonds is 7. The quantitative estimate of drug-likeness (QED) is 0.513. The van der Waals surface area contributed by atoms with Crippen molar-refractivity contribution < 1.29 is 14.3 Å². The molecule has 110 valence electrons. The molecule has 1 aromatic rings. The highest BCUT2D eigenvalue weighted by atomic mass is 35.5. The minimum Gasteiger partial charge on any atom is -0.397 e. The third kappa shape index (κ3) is 5.07. The van der Waals surface area contributed by atoms with Gasteiger partial charge in [0.25, 0.3) is 5.91 Å². The molecule has 0 bridgehead atoms. The molecule has 20 heavy (non-hydrogen) atoms. The van der Waals surface area contributed by atoms with Crippen LogP contribution in [0.25, 0.3) is 0 Å². The van der Waals surface area contributed by atoms with Crippen LogP contribution in [-0.2, 0) is 9.53 Å². The summed E-state index contributed by atoms with van der Waals surface area (Å²) in [6.45, 7) is 1.13. The Morgan fingerprint density at radius 1 is 1.30 bits per heavy atom. The lowest BCUT2D eigenvalue weighted by Crippen LogP contribution is -2.32. The number of anilines is 1. The van der Waals surface area contributed by atoms with Crippen molar-refractivity contribution in [2.45, 2.75) is 6.42 Å². The Kier molecular flexibility index (Phi) is 6.83. The predicted octanol–water partition coefficient (Wildman–Crippen LogP) is 0.805. The molecule has 7 heteroatoms. The van der Waals surface area contributed by atoms with Crippen molar-refractivity contribution in [2.24, 2.45) is 0 Å². The highest BCUT2D eigenvalue weighted by molar-refractivity contribution is 6.33. The van der Waals surface area contributed by atoms with Gasteiger partial charge in [-0.3, -0.25) is 9.59 Å². The standard InChI is InChI=1S/C13H18ClN3O3/c1-20-8-7-16-11(18)5-6-17-13(19)9-3-2-4-10(14)12(9)15/h2-4H,5-8,15H2,1H3,(H,16,18)(H,17,19). The summed E-state index contributed by atoms with van der Waals surface area (Å²) in [5.41, 5.74) is 6.25. The molecule has 0 heterocycles. The van der Waals surface area contributed by atoms with E-state index in [1.807, 2.05) is 0 Å². The molecule has 0 unspecified atom stereocenters. The summed E-state index contributed by atoms with van der Waals surface area (Å²) < 4.78 is 4.81. The zero-order chi connectivity index (χ0) is 15.0. The maximum atomic E-state index is 11.9. The lowest BCUT2D eigenvalue weighted by atomic mass is 10.1. The number of halogens is 1. The van der Waals surface area contributed by atoms with E-state index in [9.17, 15) is 9.59 Å². The summed E-state index contributed by atoms with van der Waals surface area (Å²) in [5, 5.41) is 5.60. The number of carbonyl (C=O) groups excluding carboxylic acids is 2. The lowest BCUT2D eigenvalue weighted by molar-refractivity contribution is -0.121. The maximum Gasteiger partial charge on any atom is 0.253 e. The molecular weight excluding hydrogens is 282 g/mol. The number of nitrogens with one attached hydrogen (secondary N) is 2. The van der Waals surface area contributed by atoms with Gasteiger partial charge in [-0.2, -0.15) is 0 Å². The number of nitrogens with two attached hydrogens (primary N) is 1. The van der Waals surface area contributed by atoms with Gasteiger partial charge in [-0.15, -0.1) is 0 Å². The van der Waals surface area contributed by atoms with Crippen LogP contribution in [0.1, 0.15) is 16.8 Å². The van der Waals surface area contributed by atoms with Crippen LogP contribution in [0.2, 0.25) is 5.02 Å². The molecule has 0 saturated heterocycles. The third-order valence-electron chi connectivity index (χ3n) is 2.56. The third-order valence-corrected chi connectivity index (χ3v) is 2.89. The van der Waals surface area contributed by atoms with Crippen molar-refractivity contribution in [1.29, 1.82) is 0 Å². The molecule has 1 aromatic carbocycles. The van der Waals surface area contributed by atoms with Crippen molar-refractivity contribution >= 4 is 29.1 Å². The van der Waals surface area contributed by atoms with E-state index in [-0.39, 0.29) is 30.5 Å². The molecule has 0 saturated carbocycles. The van der Waals surface area contributed by atoms with Crippen LogP contribution >= 0.6 is 11.6 Å². The van der Waals surface area contributed by atoms with Gasteiger partial charge in [0, 0.05) is 26.6 Å². The van der Waals surface area contributed by atoms with Crippen LogP contribution in [0.3, 0.4) is 0 Å². The zero-order valence-electron chi connectivity index (χ0n) is 11.2. The summed E-state index contributed by atoms with van der Waals surface area (Å²) in [7, 11) is 1.56. The summed E-state index contributed by atoms with van der Waals surface area (Å²) >= 11 is 5.83. The largest absolute Gasteiger partial charge is 0.397 e. The van der Waals surface area contributed by atoms with Gasteiger partial charge < -0.3 is 21.1 Å². The van der Waals surface area contributed by atoms with Crippen LogP contribution < -0.4 is 16.4 Å². The number of benzene rings is 1. The van der Waals surface area contributed by atoms with Crippen LogP contribution in [0.15, 0.2) is 18.2 Å². The van der Waals surface area contributed by atoms with Crippen LogP contribution in [0.4, 0.5) is 5.69 Å². The van der Waals surface area contributed by atoms with Gasteiger partial charge in [-0.1, -0.05) is 17.7 Å². The second-order valence-electron chi connectivity index (χ2n) is 4.05. The highest BCUT2D eigenvalue weighted by Crippen LogP contribution is 2.21.